The van der Waals surface area contributed by atoms with E-state index in [-0.39, 0.29) is 12.2 Å². The van der Waals surface area contributed by atoms with Crippen LogP contribution in [-0.2, 0) is 10.0 Å². The van der Waals surface area contributed by atoms with Crippen LogP contribution in [0.2, 0.25) is 0 Å². The largest absolute Gasteiger partial charge is 0.399 e. The fourth-order valence-corrected chi connectivity index (χ4v) is 3.56. The van der Waals surface area contributed by atoms with E-state index in [4.69, 9.17) is 5.73 Å². The molecule has 0 radical (unpaired) electrons. The molecule has 2 aromatic rings. The lowest BCUT2D eigenvalue weighted by molar-refractivity contribution is 0.485. The molecule has 0 aliphatic rings. The first-order chi connectivity index (χ1) is 9.87. The summed E-state index contributed by atoms with van der Waals surface area (Å²) >= 11 is 0. The summed E-state index contributed by atoms with van der Waals surface area (Å²) in [4.78, 5) is -0.772. The van der Waals surface area contributed by atoms with Gasteiger partial charge in [0.05, 0.1) is 5.69 Å². The fraction of sp³-hybridized carbons (Fsp3) is 0.143. The molecule has 0 amide bonds. The summed E-state index contributed by atoms with van der Waals surface area (Å²) in [6.45, 7) is 1.67. The van der Waals surface area contributed by atoms with Crippen molar-refractivity contribution in [2.24, 2.45) is 0 Å². The summed E-state index contributed by atoms with van der Waals surface area (Å²) in [7, 11) is -4.24. The minimum absolute atomic E-state index is 0.0716. The van der Waals surface area contributed by atoms with Gasteiger partial charge in [-0.05, 0) is 31.2 Å². The first kappa shape index (κ1) is 15.2. The van der Waals surface area contributed by atoms with Crippen LogP contribution in [0.15, 0.2) is 47.4 Å². The Kier molecular flexibility index (Phi) is 4.13. The van der Waals surface area contributed by atoms with Gasteiger partial charge in [-0.25, -0.2) is 17.2 Å². The van der Waals surface area contributed by atoms with Gasteiger partial charge in [0, 0.05) is 12.2 Å². The molecule has 0 saturated heterocycles. The number of para-hydroxylation sites is 1. The van der Waals surface area contributed by atoms with Crippen LogP contribution in [0, 0.1) is 11.6 Å². The molecule has 112 valence electrons. The third-order valence-corrected chi connectivity index (χ3v) is 4.82. The van der Waals surface area contributed by atoms with Crippen molar-refractivity contribution in [2.75, 3.05) is 16.6 Å². The zero-order valence-corrected chi connectivity index (χ0v) is 12.1. The quantitative estimate of drug-likeness (QED) is 0.883. The van der Waals surface area contributed by atoms with E-state index in [1.165, 1.54) is 0 Å². The van der Waals surface area contributed by atoms with Gasteiger partial charge in [0.25, 0.3) is 10.0 Å². The zero-order valence-electron chi connectivity index (χ0n) is 11.3. The minimum Gasteiger partial charge on any atom is -0.399 e. The molecule has 0 aliphatic heterocycles. The Hall–Kier alpha value is -2.15. The Labute approximate surface area is 121 Å². The molecule has 2 N–H and O–H groups in total. The van der Waals surface area contributed by atoms with E-state index in [1.807, 2.05) is 0 Å². The van der Waals surface area contributed by atoms with Crippen LogP contribution in [0.1, 0.15) is 6.92 Å². The van der Waals surface area contributed by atoms with Crippen LogP contribution in [0.3, 0.4) is 0 Å². The minimum atomic E-state index is -4.24. The van der Waals surface area contributed by atoms with Crippen molar-refractivity contribution in [3.63, 3.8) is 0 Å². The normalized spacial score (nSPS) is 11.4. The second-order valence-corrected chi connectivity index (χ2v) is 6.15. The van der Waals surface area contributed by atoms with Crippen LogP contribution in [0.25, 0.3) is 0 Å². The van der Waals surface area contributed by atoms with Crippen LogP contribution < -0.4 is 10.0 Å². The van der Waals surface area contributed by atoms with Crippen LogP contribution >= 0.6 is 0 Å². The monoisotopic (exact) mass is 312 g/mol. The van der Waals surface area contributed by atoms with Gasteiger partial charge < -0.3 is 5.73 Å². The second kappa shape index (κ2) is 5.69. The number of hydrogen-bond donors (Lipinski definition) is 1. The summed E-state index contributed by atoms with van der Waals surface area (Å²) in [6.07, 6.45) is 0. The molecule has 0 unspecified atom stereocenters. The summed E-state index contributed by atoms with van der Waals surface area (Å²) < 4.78 is 53.4. The first-order valence-electron chi connectivity index (χ1n) is 6.20. The van der Waals surface area contributed by atoms with Gasteiger partial charge in [0.1, 0.15) is 4.90 Å². The topological polar surface area (TPSA) is 63.4 Å². The first-order valence-corrected chi connectivity index (χ1v) is 7.64. The molecule has 0 aromatic heterocycles. The Morgan fingerprint density at radius 3 is 2.33 bits per heavy atom. The molecule has 21 heavy (non-hydrogen) atoms. The number of sulfonamides is 1. The van der Waals surface area contributed by atoms with Crippen LogP contribution in [0.5, 0.6) is 0 Å². The van der Waals surface area contributed by atoms with Crippen molar-refractivity contribution in [3.05, 3.63) is 54.1 Å². The summed E-state index contributed by atoms with van der Waals surface area (Å²) in [5, 5.41) is 0. The van der Waals surface area contributed by atoms with Crippen molar-refractivity contribution >= 4 is 21.4 Å². The predicted octanol–water partition coefficient (Wildman–Crippen LogP) is 2.76. The Morgan fingerprint density at radius 2 is 1.76 bits per heavy atom. The van der Waals surface area contributed by atoms with E-state index in [0.717, 1.165) is 16.4 Å². The molecule has 0 heterocycles. The molecule has 0 saturated carbocycles. The molecular weight excluding hydrogens is 298 g/mol. The second-order valence-electron chi connectivity index (χ2n) is 4.32. The molecule has 0 atom stereocenters. The number of rotatable bonds is 4. The van der Waals surface area contributed by atoms with Crippen LogP contribution in [-0.4, -0.2) is 15.0 Å². The van der Waals surface area contributed by atoms with E-state index in [0.29, 0.717) is 5.69 Å². The predicted molar refractivity (Wildman–Crippen MR) is 77.4 cm³/mol. The molecule has 7 heteroatoms. The Bertz CT molecular complexity index is 749. The molecule has 0 aliphatic carbocycles. The van der Waals surface area contributed by atoms with Crippen molar-refractivity contribution in [2.45, 2.75) is 11.8 Å². The lowest BCUT2D eigenvalue weighted by atomic mass is 10.3. The molecular formula is C14H14F2N2O2S. The number of nitrogens with two attached hydrogens (primary N) is 1. The van der Waals surface area contributed by atoms with Crippen LogP contribution in [0.4, 0.5) is 20.2 Å². The van der Waals surface area contributed by atoms with Gasteiger partial charge in [0.15, 0.2) is 11.6 Å². The van der Waals surface area contributed by atoms with Crippen molar-refractivity contribution in [3.8, 4) is 0 Å². The number of nitrogens with zero attached hydrogens (tertiary/aromatic N) is 1. The number of halogens is 2. The smallest absolute Gasteiger partial charge is 0.267 e. The van der Waals surface area contributed by atoms with Gasteiger partial charge >= 0.3 is 0 Å². The summed E-state index contributed by atoms with van der Waals surface area (Å²) in [5.74, 6) is -2.73. The standard InChI is InChI=1S/C14H14F2N2O2S/c1-2-18(11-6-4-3-5-7-11)21(19,20)13-9-10(17)8-12(15)14(13)16/h3-9H,2,17H2,1H3. The van der Waals surface area contributed by atoms with Crippen molar-refractivity contribution < 1.29 is 17.2 Å². The van der Waals surface area contributed by atoms with Gasteiger partial charge in [-0.15, -0.1) is 0 Å². The highest BCUT2D eigenvalue weighted by Crippen LogP contribution is 2.27. The SMILES string of the molecule is CCN(c1ccccc1)S(=O)(=O)c1cc(N)cc(F)c1F. The lowest BCUT2D eigenvalue weighted by Gasteiger charge is -2.23. The molecule has 2 aromatic carbocycles. The maximum atomic E-state index is 13.9. The van der Waals surface area contributed by atoms with E-state index in [9.17, 15) is 17.2 Å². The summed E-state index contributed by atoms with van der Waals surface area (Å²) in [6, 6.07) is 9.84. The number of hydrogen-bond acceptors (Lipinski definition) is 3. The number of nitrogen functional groups attached to an aromatic ring is 1. The maximum Gasteiger partial charge on any atom is 0.267 e. The maximum absolute atomic E-state index is 13.9. The van der Waals surface area contributed by atoms with E-state index in [1.54, 1.807) is 37.3 Å². The van der Waals surface area contributed by atoms with Crippen molar-refractivity contribution in [1.82, 2.24) is 0 Å². The average Bonchev–Trinajstić information content (AvgIpc) is 2.44. The zero-order chi connectivity index (χ0) is 15.6. The van der Waals surface area contributed by atoms with E-state index >= 15 is 0 Å². The molecule has 2 rings (SSSR count). The van der Waals surface area contributed by atoms with E-state index < -0.39 is 26.6 Å². The number of anilines is 2. The lowest BCUT2D eigenvalue weighted by Crippen LogP contribution is -2.31. The van der Waals surface area contributed by atoms with Gasteiger partial charge in [-0.1, -0.05) is 18.2 Å². The third kappa shape index (κ3) is 2.82. The van der Waals surface area contributed by atoms with Gasteiger partial charge in [-0.3, -0.25) is 4.31 Å². The molecule has 0 spiro atoms. The van der Waals surface area contributed by atoms with Gasteiger partial charge in [0.2, 0.25) is 0 Å². The molecule has 4 nitrogen and oxygen atoms in total. The van der Waals surface area contributed by atoms with Gasteiger partial charge in [-0.2, -0.15) is 0 Å². The molecule has 0 bridgehead atoms. The Morgan fingerprint density at radius 1 is 1.14 bits per heavy atom. The molecule has 0 fully saturated rings. The van der Waals surface area contributed by atoms with E-state index in [2.05, 4.69) is 0 Å². The van der Waals surface area contributed by atoms with Crippen molar-refractivity contribution in [1.29, 1.82) is 0 Å². The third-order valence-electron chi connectivity index (χ3n) is 2.92. The summed E-state index contributed by atoms with van der Waals surface area (Å²) in [5.41, 5.74) is 5.62. The number of benzene rings is 2. The highest BCUT2D eigenvalue weighted by Gasteiger charge is 2.28. The fourth-order valence-electron chi connectivity index (χ4n) is 1.98. The highest BCUT2D eigenvalue weighted by atomic mass is 32.2. The Balaban J connectivity index is 2.61. The average molecular weight is 312 g/mol. The highest BCUT2D eigenvalue weighted by molar-refractivity contribution is 7.92.